The fourth-order valence-electron chi connectivity index (χ4n) is 2.74. The molecule has 4 heteroatoms. The Morgan fingerprint density at radius 2 is 2.11 bits per heavy atom. The summed E-state index contributed by atoms with van der Waals surface area (Å²) in [6, 6.07) is 5.90. The summed E-state index contributed by atoms with van der Waals surface area (Å²) in [4.78, 5) is 18.8. The quantitative estimate of drug-likeness (QED) is 0.902. The van der Waals surface area contributed by atoms with Crippen LogP contribution in [0.25, 0.3) is 0 Å². The van der Waals surface area contributed by atoms with Gasteiger partial charge in [-0.25, -0.2) is 0 Å². The first-order valence-electron chi connectivity index (χ1n) is 7.06. The topological polar surface area (TPSA) is 59.2 Å². The summed E-state index contributed by atoms with van der Waals surface area (Å²) < 4.78 is 0. The van der Waals surface area contributed by atoms with E-state index in [2.05, 4.69) is 4.98 Å². The highest BCUT2D eigenvalue weighted by Gasteiger charge is 2.39. The van der Waals surface area contributed by atoms with Crippen LogP contribution in [0, 0.1) is 6.92 Å². The molecule has 2 N–H and O–H groups in total. The third-order valence-corrected chi connectivity index (χ3v) is 3.89. The molecule has 0 aliphatic heterocycles. The summed E-state index contributed by atoms with van der Waals surface area (Å²) in [5, 5.41) is 0. The van der Waals surface area contributed by atoms with Gasteiger partial charge < -0.3 is 10.6 Å². The molecule has 1 aliphatic carbocycles. The Kier molecular flexibility index (Phi) is 4.20. The number of nitrogens with zero attached hydrogens (tertiary/aromatic N) is 2. The second kappa shape index (κ2) is 5.70. The maximum absolute atomic E-state index is 12.6. The van der Waals surface area contributed by atoms with Gasteiger partial charge in [0.25, 0.3) is 0 Å². The number of carbonyl (C=O) groups excluding carboxylic acids is 1. The molecule has 1 heterocycles. The van der Waals surface area contributed by atoms with E-state index in [1.807, 2.05) is 36.9 Å². The van der Waals surface area contributed by atoms with Gasteiger partial charge in [-0.1, -0.05) is 18.9 Å². The summed E-state index contributed by atoms with van der Waals surface area (Å²) in [5.74, 6) is 0.0795. The largest absolute Gasteiger partial charge is 0.335 e. The number of hydrogen-bond acceptors (Lipinski definition) is 3. The van der Waals surface area contributed by atoms with Crippen LogP contribution in [-0.2, 0) is 11.3 Å². The minimum absolute atomic E-state index is 0.0795. The van der Waals surface area contributed by atoms with Crippen molar-refractivity contribution in [2.24, 2.45) is 5.73 Å². The molecule has 1 aromatic heterocycles. The number of nitrogens with two attached hydrogens (primary N) is 1. The first-order chi connectivity index (χ1) is 9.05. The van der Waals surface area contributed by atoms with Gasteiger partial charge in [0, 0.05) is 12.2 Å². The molecule has 1 aliphatic rings. The van der Waals surface area contributed by atoms with Gasteiger partial charge in [-0.05, 0) is 38.8 Å². The van der Waals surface area contributed by atoms with Crippen LogP contribution < -0.4 is 5.73 Å². The van der Waals surface area contributed by atoms with Crippen LogP contribution in [0.2, 0.25) is 0 Å². The average molecular weight is 261 g/mol. The third-order valence-electron chi connectivity index (χ3n) is 3.89. The summed E-state index contributed by atoms with van der Waals surface area (Å²) in [5.41, 5.74) is 7.52. The lowest BCUT2D eigenvalue weighted by molar-refractivity contribution is -0.137. The van der Waals surface area contributed by atoms with E-state index in [4.69, 9.17) is 5.73 Å². The summed E-state index contributed by atoms with van der Waals surface area (Å²) >= 11 is 0. The number of hydrogen-bond donors (Lipinski definition) is 1. The van der Waals surface area contributed by atoms with Crippen molar-refractivity contribution in [1.82, 2.24) is 9.88 Å². The maximum Gasteiger partial charge on any atom is 0.242 e. The molecule has 0 radical (unpaired) electrons. The number of amides is 1. The molecular formula is C15H23N3O. The van der Waals surface area contributed by atoms with Gasteiger partial charge in [-0.15, -0.1) is 0 Å². The zero-order chi connectivity index (χ0) is 13.9. The van der Waals surface area contributed by atoms with Crippen LogP contribution >= 0.6 is 0 Å². The molecule has 0 aromatic carbocycles. The monoisotopic (exact) mass is 261 g/mol. The molecule has 0 atom stereocenters. The fraction of sp³-hybridized carbons (Fsp3) is 0.600. The molecule has 4 nitrogen and oxygen atoms in total. The molecular weight excluding hydrogens is 238 g/mol. The summed E-state index contributed by atoms with van der Waals surface area (Å²) in [6.07, 6.45) is 3.73. The SMILES string of the molecule is CCN(Cc1cccc(C)n1)C(=O)C1(N)CCCC1. The Morgan fingerprint density at radius 3 is 2.68 bits per heavy atom. The highest BCUT2D eigenvalue weighted by molar-refractivity contribution is 5.86. The van der Waals surface area contributed by atoms with Crippen molar-refractivity contribution in [2.45, 2.75) is 51.6 Å². The van der Waals surface area contributed by atoms with Crippen molar-refractivity contribution >= 4 is 5.91 Å². The van der Waals surface area contributed by atoms with Crippen molar-refractivity contribution < 1.29 is 4.79 Å². The van der Waals surface area contributed by atoms with Crippen LogP contribution in [0.1, 0.15) is 44.0 Å². The first-order valence-corrected chi connectivity index (χ1v) is 7.06. The first kappa shape index (κ1) is 14.0. The van der Waals surface area contributed by atoms with Crippen molar-refractivity contribution in [1.29, 1.82) is 0 Å². The van der Waals surface area contributed by atoms with Crippen LogP contribution in [0.4, 0.5) is 0 Å². The van der Waals surface area contributed by atoms with E-state index in [1.54, 1.807) is 0 Å². The zero-order valence-electron chi connectivity index (χ0n) is 11.9. The van der Waals surface area contributed by atoms with Crippen molar-refractivity contribution in [2.75, 3.05) is 6.54 Å². The van der Waals surface area contributed by atoms with Gasteiger partial charge in [0.15, 0.2) is 0 Å². The number of likely N-dealkylation sites (N-methyl/N-ethyl adjacent to an activating group) is 1. The van der Waals surface area contributed by atoms with Crippen LogP contribution in [0.5, 0.6) is 0 Å². The van der Waals surface area contributed by atoms with E-state index in [9.17, 15) is 4.79 Å². The number of aromatic nitrogens is 1. The van der Waals surface area contributed by atoms with Crippen LogP contribution in [0.3, 0.4) is 0 Å². The number of pyridine rings is 1. The molecule has 19 heavy (non-hydrogen) atoms. The Morgan fingerprint density at radius 1 is 1.42 bits per heavy atom. The van der Waals surface area contributed by atoms with Crippen molar-refractivity contribution in [3.8, 4) is 0 Å². The molecule has 2 rings (SSSR count). The van der Waals surface area contributed by atoms with E-state index in [1.165, 1.54) is 0 Å². The van der Waals surface area contributed by atoms with Crippen molar-refractivity contribution in [3.63, 3.8) is 0 Å². The molecule has 0 unspecified atom stereocenters. The smallest absolute Gasteiger partial charge is 0.242 e. The van der Waals surface area contributed by atoms with E-state index in [0.29, 0.717) is 13.1 Å². The molecule has 1 saturated carbocycles. The Labute approximate surface area is 115 Å². The fourth-order valence-corrected chi connectivity index (χ4v) is 2.74. The normalized spacial score (nSPS) is 17.4. The molecule has 0 spiro atoms. The molecule has 104 valence electrons. The Hall–Kier alpha value is -1.42. The van der Waals surface area contributed by atoms with E-state index >= 15 is 0 Å². The van der Waals surface area contributed by atoms with Gasteiger partial charge in [0.2, 0.25) is 5.91 Å². The molecule has 1 aromatic rings. The Balaban J connectivity index is 2.10. The highest BCUT2D eigenvalue weighted by atomic mass is 16.2. The zero-order valence-corrected chi connectivity index (χ0v) is 11.9. The van der Waals surface area contributed by atoms with Gasteiger partial charge in [-0.2, -0.15) is 0 Å². The van der Waals surface area contributed by atoms with E-state index in [0.717, 1.165) is 37.1 Å². The standard InChI is InChI=1S/C15H23N3O/c1-3-18(11-13-8-6-7-12(2)17-13)14(19)15(16)9-4-5-10-15/h6-8H,3-5,9-11,16H2,1-2H3. The van der Waals surface area contributed by atoms with E-state index in [-0.39, 0.29) is 5.91 Å². The average Bonchev–Trinajstić information content (AvgIpc) is 2.83. The molecule has 0 bridgehead atoms. The Bertz CT molecular complexity index is 452. The van der Waals surface area contributed by atoms with Crippen LogP contribution in [-0.4, -0.2) is 27.9 Å². The lowest BCUT2D eigenvalue weighted by Gasteiger charge is -2.30. The van der Waals surface area contributed by atoms with E-state index < -0.39 is 5.54 Å². The lowest BCUT2D eigenvalue weighted by atomic mass is 9.97. The number of rotatable bonds is 4. The maximum atomic E-state index is 12.6. The molecule has 1 amide bonds. The summed E-state index contributed by atoms with van der Waals surface area (Å²) in [6.45, 7) is 5.18. The minimum Gasteiger partial charge on any atom is -0.335 e. The van der Waals surface area contributed by atoms with Gasteiger partial charge in [0.1, 0.15) is 0 Å². The highest BCUT2D eigenvalue weighted by Crippen LogP contribution is 2.29. The number of carbonyl (C=O) groups is 1. The second-order valence-electron chi connectivity index (χ2n) is 5.45. The molecule has 0 saturated heterocycles. The minimum atomic E-state index is -0.639. The lowest BCUT2D eigenvalue weighted by Crippen LogP contribution is -2.53. The van der Waals surface area contributed by atoms with Crippen LogP contribution in [0.15, 0.2) is 18.2 Å². The third kappa shape index (κ3) is 3.13. The molecule has 1 fully saturated rings. The van der Waals surface area contributed by atoms with Gasteiger partial charge in [-0.3, -0.25) is 9.78 Å². The predicted molar refractivity (Wildman–Crippen MR) is 75.5 cm³/mol. The summed E-state index contributed by atoms with van der Waals surface area (Å²) in [7, 11) is 0. The van der Waals surface area contributed by atoms with Crippen molar-refractivity contribution in [3.05, 3.63) is 29.6 Å². The second-order valence-corrected chi connectivity index (χ2v) is 5.45. The predicted octanol–water partition coefficient (Wildman–Crippen LogP) is 2.01. The number of aryl methyl sites for hydroxylation is 1. The van der Waals surface area contributed by atoms with Gasteiger partial charge >= 0.3 is 0 Å². The van der Waals surface area contributed by atoms with Gasteiger partial charge in [0.05, 0.1) is 17.8 Å².